The molecule has 0 fully saturated rings. The lowest BCUT2D eigenvalue weighted by Crippen LogP contribution is -2.09. The maximum atomic E-state index is 11.5. The van der Waals surface area contributed by atoms with E-state index in [1.807, 2.05) is 0 Å². The summed E-state index contributed by atoms with van der Waals surface area (Å²) in [5, 5.41) is 7.42. The molecule has 1 aromatic carbocycles. The Morgan fingerprint density at radius 3 is 2.78 bits per heavy atom. The van der Waals surface area contributed by atoms with Crippen molar-refractivity contribution in [3.05, 3.63) is 35.7 Å². The van der Waals surface area contributed by atoms with Gasteiger partial charge in [0.15, 0.2) is 5.69 Å². The highest BCUT2D eigenvalue weighted by atomic mass is 16.6. The van der Waals surface area contributed by atoms with Gasteiger partial charge in [-0.25, -0.2) is 14.3 Å². The van der Waals surface area contributed by atoms with Gasteiger partial charge in [0, 0.05) is 0 Å². The molecule has 2 heterocycles. The lowest BCUT2D eigenvalue weighted by Gasteiger charge is -2.07. The highest BCUT2D eigenvalue weighted by molar-refractivity contribution is 6.12. The van der Waals surface area contributed by atoms with Crippen LogP contribution >= 0.6 is 0 Å². The molecule has 1 aliphatic heterocycles. The number of benzene rings is 1. The molecule has 0 bridgehead atoms. The summed E-state index contributed by atoms with van der Waals surface area (Å²) in [6, 6.07) is 6.95. The molecule has 2 aromatic rings. The summed E-state index contributed by atoms with van der Waals surface area (Å²) in [6.07, 6.45) is 0. The molecule has 0 unspecified atom stereocenters. The maximum Gasteiger partial charge on any atom is 0.369 e. The van der Waals surface area contributed by atoms with Crippen LogP contribution in [0.4, 0.5) is 0 Å². The van der Waals surface area contributed by atoms with Crippen molar-refractivity contribution in [2.45, 2.75) is 0 Å². The molecule has 90 valence electrons. The first-order valence-corrected chi connectivity index (χ1v) is 5.08. The molecule has 0 spiro atoms. The Morgan fingerprint density at radius 1 is 1.22 bits per heavy atom. The molecule has 0 N–H and O–H groups in total. The molecule has 7 heteroatoms. The topological polar surface area (TPSA) is 83.3 Å². The molecule has 0 amide bonds. The van der Waals surface area contributed by atoms with Crippen molar-refractivity contribution in [2.24, 2.45) is 0 Å². The van der Waals surface area contributed by atoms with Crippen LogP contribution in [0, 0.1) is 0 Å². The lowest BCUT2D eigenvalue weighted by molar-refractivity contribution is 0.0434. The average molecular weight is 245 g/mol. The van der Waals surface area contributed by atoms with Crippen molar-refractivity contribution in [3.63, 3.8) is 0 Å². The predicted octanol–water partition coefficient (Wildman–Crippen LogP) is 0.586. The van der Waals surface area contributed by atoms with Gasteiger partial charge in [-0.3, -0.25) is 0 Å². The highest BCUT2D eigenvalue weighted by Crippen LogP contribution is 2.26. The van der Waals surface area contributed by atoms with Gasteiger partial charge in [-0.1, -0.05) is 17.3 Å². The van der Waals surface area contributed by atoms with Gasteiger partial charge in [0.1, 0.15) is 11.4 Å². The number of fused-ring (bicyclic) bond motifs is 1. The van der Waals surface area contributed by atoms with E-state index in [1.54, 1.807) is 24.3 Å². The summed E-state index contributed by atoms with van der Waals surface area (Å²) in [5.41, 5.74) is 0.454. The zero-order chi connectivity index (χ0) is 12.7. The van der Waals surface area contributed by atoms with Crippen LogP contribution in [0.3, 0.4) is 0 Å². The first kappa shape index (κ1) is 10.5. The summed E-state index contributed by atoms with van der Waals surface area (Å²) in [4.78, 5) is 22.8. The van der Waals surface area contributed by atoms with Gasteiger partial charge in [0.2, 0.25) is 5.69 Å². The van der Waals surface area contributed by atoms with E-state index in [-0.39, 0.29) is 11.4 Å². The van der Waals surface area contributed by atoms with E-state index in [0.29, 0.717) is 11.4 Å². The van der Waals surface area contributed by atoms with Gasteiger partial charge < -0.3 is 9.47 Å². The van der Waals surface area contributed by atoms with Gasteiger partial charge in [-0.15, -0.1) is 5.10 Å². The number of rotatable bonds is 2. The van der Waals surface area contributed by atoms with E-state index in [1.165, 1.54) is 11.8 Å². The molecule has 0 radical (unpaired) electrons. The van der Waals surface area contributed by atoms with Crippen LogP contribution < -0.4 is 4.74 Å². The minimum absolute atomic E-state index is 0.0181. The van der Waals surface area contributed by atoms with Crippen LogP contribution in [0.2, 0.25) is 0 Å². The highest BCUT2D eigenvalue weighted by Gasteiger charge is 2.37. The monoisotopic (exact) mass is 245 g/mol. The molecule has 3 rings (SSSR count). The molecule has 0 atom stereocenters. The van der Waals surface area contributed by atoms with Crippen molar-refractivity contribution in [1.82, 2.24) is 15.0 Å². The van der Waals surface area contributed by atoms with E-state index in [2.05, 4.69) is 15.0 Å². The largest absolute Gasteiger partial charge is 0.494 e. The summed E-state index contributed by atoms with van der Waals surface area (Å²) in [7, 11) is 1.50. The number of esters is 2. The molecule has 0 aliphatic carbocycles. The summed E-state index contributed by atoms with van der Waals surface area (Å²) in [6.45, 7) is 0. The normalized spacial score (nSPS) is 13.4. The summed E-state index contributed by atoms with van der Waals surface area (Å²) < 4.78 is 10.9. The number of hydrogen-bond acceptors (Lipinski definition) is 6. The first-order chi connectivity index (χ1) is 8.72. The number of aromatic nitrogens is 3. The zero-order valence-electron chi connectivity index (χ0n) is 9.28. The average Bonchev–Trinajstić information content (AvgIpc) is 2.93. The van der Waals surface area contributed by atoms with Gasteiger partial charge >= 0.3 is 11.9 Å². The van der Waals surface area contributed by atoms with Crippen molar-refractivity contribution in [3.8, 4) is 11.4 Å². The third kappa shape index (κ3) is 1.30. The molecule has 7 nitrogen and oxygen atoms in total. The summed E-state index contributed by atoms with van der Waals surface area (Å²) >= 11 is 0. The van der Waals surface area contributed by atoms with Crippen LogP contribution in [0.5, 0.6) is 5.75 Å². The van der Waals surface area contributed by atoms with Crippen molar-refractivity contribution >= 4 is 11.9 Å². The Hall–Kier alpha value is -2.70. The zero-order valence-corrected chi connectivity index (χ0v) is 9.28. The molecule has 18 heavy (non-hydrogen) atoms. The Bertz CT molecular complexity index is 662. The van der Waals surface area contributed by atoms with Gasteiger partial charge in [-0.2, -0.15) is 0 Å². The Morgan fingerprint density at radius 2 is 2.00 bits per heavy atom. The fourth-order valence-corrected chi connectivity index (χ4v) is 1.76. The van der Waals surface area contributed by atoms with Crippen LogP contribution in [0.1, 0.15) is 21.0 Å². The Kier molecular flexibility index (Phi) is 2.12. The number of para-hydroxylation sites is 2. The Labute approximate surface area is 101 Å². The van der Waals surface area contributed by atoms with Gasteiger partial charge in [0.25, 0.3) is 0 Å². The number of cyclic esters (lactones) is 2. The number of methoxy groups -OCH3 is 1. The second-order valence-corrected chi connectivity index (χ2v) is 3.55. The fourth-order valence-electron chi connectivity index (χ4n) is 1.76. The third-order valence-corrected chi connectivity index (χ3v) is 2.56. The standard InChI is InChI=1S/C11H7N3O4/c1-17-7-5-3-2-4-6(7)14-9-8(12-13-14)10(15)18-11(9)16/h2-5H,1H3. The molecule has 1 aromatic heterocycles. The summed E-state index contributed by atoms with van der Waals surface area (Å²) in [5.74, 6) is -1.03. The van der Waals surface area contributed by atoms with Crippen LogP contribution in [0.15, 0.2) is 24.3 Å². The van der Waals surface area contributed by atoms with E-state index in [9.17, 15) is 9.59 Å². The van der Waals surface area contributed by atoms with Gasteiger partial charge in [0.05, 0.1) is 7.11 Å². The molecule has 0 saturated carbocycles. The molecular formula is C11H7N3O4. The van der Waals surface area contributed by atoms with Crippen LogP contribution in [-0.2, 0) is 4.74 Å². The third-order valence-electron chi connectivity index (χ3n) is 2.56. The lowest BCUT2D eigenvalue weighted by atomic mass is 10.2. The number of hydrogen-bond donors (Lipinski definition) is 0. The molecule has 1 aliphatic rings. The number of ether oxygens (including phenoxy) is 2. The van der Waals surface area contributed by atoms with Crippen molar-refractivity contribution in [2.75, 3.05) is 7.11 Å². The van der Waals surface area contributed by atoms with Crippen LogP contribution in [0.25, 0.3) is 5.69 Å². The minimum Gasteiger partial charge on any atom is -0.494 e. The quantitative estimate of drug-likeness (QED) is 0.568. The van der Waals surface area contributed by atoms with E-state index < -0.39 is 11.9 Å². The van der Waals surface area contributed by atoms with E-state index >= 15 is 0 Å². The number of carbonyl (C=O) groups is 2. The second kappa shape index (κ2) is 3.66. The van der Waals surface area contributed by atoms with Crippen molar-refractivity contribution in [1.29, 1.82) is 0 Å². The number of nitrogens with zero attached hydrogens (tertiary/aromatic N) is 3. The van der Waals surface area contributed by atoms with Gasteiger partial charge in [-0.05, 0) is 12.1 Å². The minimum atomic E-state index is -0.781. The Balaban J connectivity index is 2.23. The first-order valence-electron chi connectivity index (χ1n) is 5.08. The van der Waals surface area contributed by atoms with E-state index in [0.717, 1.165) is 0 Å². The van der Waals surface area contributed by atoms with E-state index in [4.69, 9.17) is 4.74 Å². The molecule has 0 saturated heterocycles. The molecular weight excluding hydrogens is 238 g/mol. The SMILES string of the molecule is COc1ccccc1-n1nnc2c1C(=O)OC2=O. The smallest absolute Gasteiger partial charge is 0.369 e. The second-order valence-electron chi connectivity index (χ2n) is 3.55. The number of carbonyl (C=O) groups excluding carboxylic acids is 2. The predicted molar refractivity (Wildman–Crippen MR) is 57.7 cm³/mol. The van der Waals surface area contributed by atoms with Crippen molar-refractivity contribution < 1.29 is 19.1 Å². The van der Waals surface area contributed by atoms with Crippen LogP contribution in [-0.4, -0.2) is 34.0 Å². The fraction of sp³-hybridized carbons (Fsp3) is 0.0909. The maximum absolute atomic E-state index is 11.5.